The third kappa shape index (κ3) is 4.16. The lowest BCUT2D eigenvalue weighted by Gasteiger charge is -2.40. The van der Waals surface area contributed by atoms with Gasteiger partial charge in [0.2, 0.25) is 0 Å². The average Bonchev–Trinajstić information content (AvgIpc) is 3.35. The summed E-state index contributed by atoms with van der Waals surface area (Å²) in [6, 6.07) is 12.0. The number of pyridine rings is 1. The molecule has 3 aromatic rings. The Morgan fingerprint density at radius 3 is 2.85 bits per heavy atom. The van der Waals surface area contributed by atoms with Crippen LogP contribution in [0.5, 0.6) is 0 Å². The zero-order valence-electron chi connectivity index (χ0n) is 18.8. The van der Waals surface area contributed by atoms with E-state index in [4.69, 9.17) is 14.8 Å². The molecule has 8 nitrogen and oxygen atoms in total. The third-order valence-corrected chi connectivity index (χ3v) is 6.86. The number of urea groups is 1. The van der Waals surface area contributed by atoms with Crippen molar-refractivity contribution in [2.24, 2.45) is 0 Å². The number of carbonyl (C=O) groups is 1. The van der Waals surface area contributed by atoms with Gasteiger partial charge in [0.05, 0.1) is 6.04 Å². The van der Waals surface area contributed by atoms with Crippen molar-refractivity contribution >= 4 is 22.6 Å². The van der Waals surface area contributed by atoms with Crippen LogP contribution in [0, 0.1) is 18.3 Å². The van der Waals surface area contributed by atoms with Crippen molar-refractivity contribution in [2.45, 2.75) is 44.6 Å². The first-order valence-corrected chi connectivity index (χ1v) is 11.7. The molecule has 1 aromatic carbocycles. The molecule has 0 saturated carbocycles. The van der Waals surface area contributed by atoms with Crippen LogP contribution >= 0.6 is 0 Å². The molecule has 170 valence electrons. The second-order valence-electron chi connectivity index (χ2n) is 8.95. The number of aromatic nitrogens is 2. The molecule has 2 aliphatic heterocycles. The van der Waals surface area contributed by atoms with Gasteiger partial charge in [-0.15, -0.1) is 0 Å². The Morgan fingerprint density at radius 1 is 1.27 bits per heavy atom. The third-order valence-electron chi connectivity index (χ3n) is 6.86. The predicted molar refractivity (Wildman–Crippen MR) is 125 cm³/mol. The second-order valence-corrected chi connectivity index (χ2v) is 8.95. The van der Waals surface area contributed by atoms with Gasteiger partial charge in [-0.25, -0.2) is 9.78 Å². The fourth-order valence-electron chi connectivity index (χ4n) is 5.09. The van der Waals surface area contributed by atoms with Crippen molar-refractivity contribution in [1.29, 1.82) is 5.26 Å². The maximum Gasteiger partial charge on any atom is 0.325 e. The lowest BCUT2D eigenvalue weighted by Crippen LogP contribution is -2.55. The molecule has 0 bridgehead atoms. The number of carbonyl (C=O) groups excluding carboxylic acids is 1. The molecule has 1 N–H and O–H groups in total. The minimum absolute atomic E-state index is 0.0145. The number of nitrogens with zero attached hydrogens (tertiary/aromatic N) is 5. The van der Waals surface area contributed by atoms with Crippen LogP contribution in [-0.2, 0) is 0 Å². The summed E-state index contributed by atoms with van der Waals surface area (Å²) in [5.74, 6) is 1.66. The molecule has 0 aliphatic carbocycles. The molecule has 0 radical (unpaired) electrons. The normalized spacial score (nSPS) is 19.4. The maximum atomic E-state index is 14.0. The van der Waals surface area contributed by atoms with Crippen LogP contribution in [0.4, 0.5) is 10.6 Å². The fourth-order valence-corrected chi connectivity index (χ4v) is 5.09. The van der Waals surface area contributed by atoms with Gasteiger partial charge in [0.15, 0.2) is 5.69 Å². The summed E-state index contributed by atoms with van der Waals surface area (Å²) in [5, 5.41) is 18.4. The van der Waals surface area contributed by atoms with Crippen LogP contribution in [0.3, 0.4) is 0 Å². The van der Waals surface area contributed by atoms with Crippen LogP contribution in [-0.4, -0.2) is 53.3 Å². The van der Waals surface area contributed by atoms with E-state index in [0.717, 1.165) is 66.7 Å². The van der Waals surface area contributed by atoms with Crippen molar-refractivity contribution < 1.29 is 9.32 Å². The number of rotatable bonds is 3. The zero-order valence-corrected chi connectivity index (χ0v) is 18.8. The molecule has 8 heteroatoms. The van der Waals surface area contributed by atoms with Crippen molar-refractivity contribution in [2.75, 3.05) is 31.1 Å². The number of aryl methyl sites for hydroxylation is 1. The number of nitrogens with one attached hydrogen (secondary N) is 1. The number of piperidine rings is 2. The molecule has 2 saturated heterocycles. The second kappa shape index (κ2) is 9.20. The van der Waals surface area contributed by atoms with Crippen molar-refractivity contribution in [1.82, 2.24) is 20.4 Å². The minimum atomic E-state index is 0.0145. The standard InChI is InChI=1S/C25H28N6O2/c1-17-4-2-5-19-7-11-28-24(23(17)19)31(21-6-3-10-27-16-21)25(32)30-12-8-18(9-13-30)22-14-20(15-26)29-33-22/h2,4-5,7,11,14,18,21,27H,3,6,8-10,12-13,16H2,1H3/t21-/m1/s1. The Bertz CT molecular complexity index is 1180. The lowest BCUT2D eigenvalue weighted by atomic mass is 9.94. The fraction of sp³-hybridized carbons (Fsp3) is 0.440. The van der Waals surface area contributed by atoms with Crippen molar-refractivity contribution in [3.63, 3.8) is 0 Å². The van der Waals surface area contributed by atoms with Gasteiger partial charge < -0.3 is 14.7 Å². The van der Waals surface area contributed by atoms with Gasteiger partial charge in [-0.05, 0) is 56.2 Å². The summed E-state index contributed by atoms with van der Waals surface area (Å²) in [7, 11) is 0. The van der Waals surface area contributed by atoms with Crippen LogP contribution in [0.2, 0.25) is 0 Å². The Labute approximate surface area is 193 Å². The highest BCUT2D eigenvalue weighted by Crippen LogP contribution is 2.33. The lowest BCUT2D eigenvalue weighted by molar-refractivity contribution is 0.178. The highest BCUT2D eigenvalue weighted by Gasteiger charge is 2.35. The van der Waals surface area contributed by atoms with E-state index in [1.54, 1.807) is 12.3 Å². The van der Waals surface area contributed by atoms with E-state index in [1.165, 1.54) is 0 Å². The quantitative estimate of drug-likeness (QED) is 0.657. The molecule has 5 rings (SSSR count). The van der Waals surface area contributed by atoms with Crippen LogP contribution in [0.25, 0.3) is 10.8 Å². The molecule has 33 heavy (non-hydrogen) atoms. The van der Waals surface area contributed by atoms with E-state index < -0.39 is 0 Å². The minimum Gasteiger partial charge on any atom is -0.360 e. The van der Waals surface area contributed by atoms with Gasteiger partial charge in [-0.3, -0.25) is 4.90 Å². The molecule has 2 fully saturated rings. The first kappa shape index (κ1) is 21.4. The Kier molecular flexibility index (Phi) is 5.97. The highest BCUT2D eigenvalue weighted by molar-refractivity contribution is 6.03. The number of anilines is 1. The topological polar surface area (TPSA) is 98.3 Å². The Hall–Kier alpha value is -3.44. The van der Waals surface area contributed by atoms with Gasteiger partial charge in [-0.2, -0.15) is 5.26 Å². The van der Waals surface area contributed by atoms with Gasteiger partial charge in [-0.1, -0.05) is 23.4 Å². The Morgan fingerprint density at radius 2 is 2.12 bits per heavy atom. The number of hydrogen-bond donors (Lipinski definition) is 1. The molecule has 0 unspecified atom stereocenters. The average molecular weight is 445 g/mol. The van der Waals surface area contributed by atoms with Crippen LogP contribution in [0.15, 0.2) is 41.1 Å². The number of hydrogen-bond acceptors (Lipinski definition) is 6. The number of likely N-dealkylation sites (tertiary alicyclic amines) is 1. The first-order valence-electron chi connectivity index (χ1n) is 11.7. The number of nitriles is 1. The predicted octanol–water partition coefficient (Wildman–Crippen LogP) is 3.96. The zero-order chi connectivity index (χ0) is 22.8. The largest absolute Gasteiger partial charge is 0.360 e. The van der Waals surface area contributed by atoms with E-state index in [0.29, 0.717) is 18.8 Å². The SMILES string of the molecule is Cc1cccc2ccnc(N(C(=O)N3CCC(c4cc(C#N)no4)CC3)[C@@H]3CCCNC3)c12. The Balaban J connectivity index is 1.42. The van der Waals surface area contributed by atoms with Crippen LogP contribution in [0.1, 0.15) is 48.6 Å². The highest BCUT2D eigenvalue weighted by atomic mass is 16.5. The van der Waals surface area contributed by atoms with E-state index in [9.17, 15) is 4.79 Å². The molecule has 0 spiro atoms. The summed E-state index contributed by atoms with van der Waals surface area (Å²) in [6.07, 6.45) is 5.35. The molecule has 1 atom stereocenters. The number of benzene rings is 1. The van der Waals surface area contributed by atoms with Gasteiger partial charge in [0.25, 0.3) is 0 Å². The summed E-state index contributed by atoms with van der Waals surface area (Å²) in [6.45, 7) is 5.08. The van der Waals surface area contributed by atoms with E-state index in [1.807, 2.05) is 28.0 Å². The smallest absolute Gasteiger partial charge is 0.325 e. The van der Waals surface area contributed by atoms with Gasteiger partial charge >= 0.3 is 6.03 Å². The molecule has 2 aromatic heterocycles. The van der Waals surface area contributed by atoms with E-state index in [-0.39, 0.29) is 18.0 Å². The summed E-state index contributed by atoms with van der Waals surface area (Å²) < 4.78 is 5.36. The summed E-state index contributed by atoms with van der Waals surface area (Å²) in [4.78, 5) is 22.6. The van der Waals surface area contributed by atoms with Gasteiger partial charge in [0.1, 0.15) is 17.6 Å². The molecule has 2 amide bonds. The molecule has 2 aliphatic rings. The number of fused-ring (bicyclic) bond motifs is 1. The molecular weight excluding hydrogens is 416 g/mol. The summed E-state index contributed by atoms with van der Waals surface area (Å²) in [5.41, 5.74) is 1.42. The monoisotopic (exact) mass is 444 g/mol. The maximum absolute atomic E-state index is 14.0. The first-order chi connectivity index (χ1) is 16.2. The van der Waals surface area contributed by atoms with E-state index in [2.05, 4.69) is 29.5 Å². The number of amides is 2. The van der Waals surface area contributed by atoms with Gasteiger partial charge in [0, 0.05) is 43.2 Å². The van der Waals surface area contributed by atoms with Crippen molar-refractivity contribution in [3.05, 3.63) is 53.5 Å². The molecule has 4 heterocycles. The molecular formula is C25H28N6O2. The van der Waals surface area contributed by atoms with Crippen LogP contribution < -0.4 is 10.2 Å². The van der Waals surface area contributed by atoms with E-state index >= 15 is 0 Å². The summed E-state index contributed by atoms with van der Waals surface area (Å²) >= 11 is 0. The van der Waals surface area contributed by atoms with Crippen molar-refractivity contribution in [3.8, 4) is 6.07 Å².